The molecule has 3 aromatic rings. The number of Topliss-reactive ketones (excluding diaryl/α,β-unsaturated/α-hetero) is 1. The van der Waals surface area contributed by atoms with E-state index in [1.165, 1.54) is 36.3 Å². The number of ether oxygens (including phenoxy) is 3. The lowest BCUT2D eigenvalue weighted by molar-refractivity contribution is -0.132. The standard InChI is InChI=1S/C28H28N2O8S/c1-4-37-20-11-14-22(23(16-20)38-5-2)26(31)24-25(17-7-6-8-19(15-17)36-3)30(28(33)27(24)32)18-9-12-21(13-10-18)39(29,34)35/h6-16,25,31H,4-5H2,1-3H3,(H2,29,34,35)/b26-24-. The fourth-order valence-electron chi connectivity index (χ4n) is 4.40. The van der Waals surface area contributed by atoms with E-state index in [1.807, 2.05) is 6.92 Å². The van der Waals surface area contributed by atoms with Gasteiger partial charge in [-0.05, 0) is 67.9 Å². The molecule has 0 aliphatic carbocycles. The van der Waals surface area contributed by atoms with Crippen molar-refractivity contribution in [2.75, 3.05) is 25.2 Å². The molecular weight excluding hydrogens is 524 g/mol. The van der Waals surface area contributed by atoms with E-state index in [-0.39, 0.29) is 34.1 Å². The first-order valence-corrected chi connectivity index (χ1v) is 13.6. The second-order valence-electron chi connectivity index (χ2n) is 8.51. The van der Waals surface area contributed by atoms with Gasteiger partial charge in [0, 0.05) is 11.8 Å². The summed E-state index contributed by atoms with van der Waals surface area (Å²) in [5.74, 6) is -1.01. The molecule has 1 saturated heterocycles. The Bertz CT molecular complexity index is 1550. The lowest BCUT2D eigenvalue weighted by atomic mass is 9.94. The zero-order valence-electron chi connectivity index (χ0n) is 21.6. The van der Waals surface area contributed by atoms with Gasteiger partial charge in [0.1, 0.15) is 23.0 Å². The molecule has 0 bridgehead atoms. The maximum atomic E-state index is 13.5. The average Bonchev–Trinajstić information content (AvgIpc) is 3.18. The van der Waals surface area contributed by atoms with Gasteiger partial charge in [-0.2, -0.15) is 0 Å². The van der Waals surface area contributed by atoms with Crippen molar-refractivity contribution < 1.29 is 37.3 Å². The summed E-state index contributed by atoms with van der Waals surface area (Å²) in [5.41, 5.74) is 0.743. The Balaban J connectivity index is 1.95. The number of nitrogens with zero attached hydrogens (tertiary/aromatic N) is 1. The van der Waals surface area contributed by atoms with Crippen LogP contribution in [0.4, 0.5) is 5.69 Å². The van der Waals surface area contributed by atoms with Crippen LogP contribution in [-0.2, 0) is 19.6 Å². The van der Waals surface area contributed by atoms with Crippen LogP contribution in [0.25, 0.3) is 5.76 Å². The van der Waals surface area contributed by atoms with Gasteiger partial charge < -0.3 is 19.3 Å². The number of aliphatic hydroxyl groups excluding tert-OH is 1. The summed E-state index contributed by atoms with van der Waals surface area (Å²) in [4.78, 5) is 28.0. The molecule has 1 aliphatic heterocycles. The van der Waals surface area contributed by atoms with E-state index < -0.39 is 33.5 Å². The molecule has 0 aromatic heterocycles. The highest BCUT2D eigenvalue weighted by molar-refractivity contribution is 7.89. The molecule has 1 amide bonds. The molecule has 0 radical (unpaired) electrons. The molecule has 3 aromatic carbocycles. The van der Waals surface area contributed by atoms with Crippen LogP contribution >= 0.6 is 0 Å². The molecule has 11 heteroatoms. The van der Waals surface area contributed by atoms with Gasteiger partial charge in [-0.1, -0.05) is 12.1 Å². The zero-order chi connectivity index (χ0) is 28.3. The van der Waals surface area contributed by atoms with E-state index in [2.05, 4.69) is 0 Å². The number of benzene rings is 3. The first kappa shape index (κ1) is 27.7. The number of ketones is 1. The van der Waals surface area contributed by atoms with Crippen LogP contribution in [0.5, 0.6) is 17.2 Å². The fraction of sp³-hybridized carbons (Fsp3) is 0.214. The normalized spacial score (nSPS) is 16.8. The summed E-state index contributed by atoms with van der Waals surface area (Å²) in [6.07, 6.45) is 0. The maximum absolute atomic E-state index is 13.5. The Morgan fingerprint density at radius 3 is 2.26 bits per heavy atom. The zero-order valence-corrected chi connectivity index (χ0v) is 22.4. The van der Waals surface area contributed by atoms with Crippen molar-refractivity contribution in [3.05, 3.63) is 83.4 Å². The van der Waals surface area contributed by atoms with Crippen molar-refractivity contribution >= 4 is 33.2 Å². The van der Waals surface area contributed by atoms with E-state index in [9.17, 15) is 23.1 Å². The molecule has 10 nitrogen and oxygen atoms in total. The SMILES string of the molecule is CCOc1ccc(/C(O)=C2/C(=O)C(=O)N(c3ccc(S(N)(=O)=O)cc3)C2c2cccc(OC)c2)c(OCC)c1. The average molecular weight is 553 g/mol. The number of hydrogen-bond acceptors (Lipinski definition) is 8. The van der Waals surface area contributed by atoms with Crippen molar-refractivity contribution in [3.63, 3.8) is 0 Å². The Hall–Kier alpha value is -4.35. The molecule has 1 unspecified atom stereocenters. The van der Waals surface area contributed by atoms with E-state index in [0.717, 1.165) is 0 Å². The molecule has 1 fully saturated rings. The minimum absolute atomic E-state index is 0.156. The monoisotopic (exact) mass is 552 g/mol. The highest BCUT2D eigenvalue weighted by Crippen LogP contribution is 2.44. The number of methoxy groups -OCH3 is 1. The Labute approximate surface area is 226 Å². The first-order chi connectivity index (χ1) is 18.6. The Morgan fingerprint density at radius 2 is 1.64 bits per heavy atom. The van der Waals surface area contributed by atoms with Crippen molar-refractivity contribution in [2.24, 2.45) is 5.14 Å². The molecular formula is C28H28N2O8S. The van der Waals surface area contributed by atoms with Gasteiger partial charge in [-0.15, -0.1) is 0 Å². The van der Waals surface area contributed by atoms with Gasteiger partial charge in [0.15, 0.2) is 0 Å². The summed E-state index contributed by atoms with van der Waals surface area (Å²) in [5, 5.41) is 16.8. The largest absolute Gasteiger partial charge is 0.507 e. The number of carbonyl (C=O) groups excluding carboxylic acids is 2. The predicted molar refractivity (Wildman–Crippen MR) is 144 cm³/mol. The van der Waals surface area contributed by atoms with E-state index >= 15 is 0 Å². The molecule has 0 saturated carbocycles. The van der Waals surface area contributed by atoms with Crippen molar-refractivity contribution in [2.45, 2.75) is 24.8 Å². The van der Waals surface area contributed by atoms with Crippen LogP contribution in [-0.4, -0.2) is 45.5 Å². The summed E-state index contributed by atoms with van der Waals surface area (Å²) >= 11 is 0. The number of primary sulfonamides is 1. The first-order valence-electron chi connectivity index (χ1n) is 12.1. The maximum Gasteiger partial charge on any atom is 0.300 e. The van der Waals surface area contributed by atoms with Gasteiger partial charge in [-0.3, -0.25) is 14.5 Å². The van der Waals surface area contributed by atoms with E-state index in [1.54, 1.807) is 49.4 Å². The summed E-state index contributed by atoms with van der Waals surface area (Å²) in [6.45, 7) is 4.30. The molecule has 1 atom stereocenters. The molecule has 3 N–H and O–H groups in total. The number of sulfonamides is 1. The molecule has 204 valence electrons. The summed E-state index contributed by atoms with van der Waals surface area (Å²) in [6, 6.07) is 15.7. The Kier molecular flexibility index (Phi) is 7.93. The van der Waals surface area contributed by atoms with Crippen molar-refractivity contribution in [3.8, 4) is 17.2 Å². The fourth-order valence-corrected chi connectivity index (χ4v) is 4.91. The molecule has 0 spiro atoms. The summed E-state index contributed by atoms with van der Waals surface area (Å²) < 4.78 is 40.1. The van der Waals surface area contributed by atoms with Gasteiger partial charge in [0.2, 0.25) is 10.0 Å². The van der Waals surface area contributed by atoms with Crippen molar-refractivity contribution in [1.82, 2.24) is 0 Å². The second kappa shape index (κ2) is 11.2. The highest BCUT2D eigenvalue weighted by atomic mass is 32.2. The van der Waals surface area contributed by atoms with Crippen LogP contribution < -0.4 is 24.2 Å². The minimum Gasteiger partial charge on any atom is -0.507 e. The second-order valence-corrected chi connectivity index (χ2v) is 10.1. The minimum atomic E-state index is -3.98. The molecule has 1 aliphatic rings. The number of rotatable bonds is 9. The number of anilines is 1. The van der Waals surface area contributed by atoms with Crippen molar-refractivity contribution in [1.29, 1.82) is 0 Å². The van der Waals surface area contributed by atoms with E-state index in [4.69, 9.17) is 19.3 Å². The number of hydrogen-bond donors (Lipinski definition) is 2. The lowest BCUT2D eigenvalue weighted by Gasteiger charge is -2.26. The smallest absolute Gasteiger partial charge is 0.300 e. The van der Waals surface area contributed by atoms with E-state index in [0.29, 0.717) is 23.7 Å². The van der Waals surface area contributed by atoms with Crippen LogP contribution in [0.1, 0.15) is 31.0 Å². The van der Waals surface area contributed by atoms with Gasteiger partial charge in [-0.25, -0.2) is 13.6 Å². The molecule has 1 heterocycles. The Morgan fingerprint density at radius 1 is 0.949 bits per heavy atom. The molecule has 4 rings (SSSR count). The predicted octanol–water partition coefficient (Wildman–Crippen LogP) is 3.77. The number of nitrogens with two attached hydrogens (primary N) is 1. The van der Waals surface area contributed by atoms with Gasteiger partial charge in [0.05, 0.1) is 42.4 Å². The van der Waals surface area contributed by atoms with Gasteiger partial charge >= 0.3 is 0 Å². The third-order valence-electron chi connectivity index (χ3n) is 6.12. The van der Waals surface area contributed by atoms with Gasteiger partial charge in [0.25, 0.3) is 11.7 Å². The number of amides is 1. The van der Waals surface area contributed by atoms with Crippen LogP contribution in [0.15, 0.2) is 77.2 Å². The number of carbonyl (C=O) groups is 2. The van der Waals surface area contributed by atoms with Crippen LogP contribution in [0.3, 0.4) is 0 Å². The third kappa shape index (κ3) is 5.45. The van der Waals surface area contributed by atoms with Crippen LogP contribution in [0, 0.1) is 0 Å². The number of aliphatic hydroxyl groups is 1. The highest BCUT2D eigenvalue weighted by Gasteiger charge is 2.47. The molecule has 39 heavy (non-hydrogen) atoms. The lowest BCUT2D eigenvalue weighted by Crippen LogP contribution is -2.29. The topological polar surface area (TPSA) is 145 Å². The summed E-state index contributed by atoms with van der Waals surface area (Å²) in [7, 11) is -2.50. The quantitative estimate of drug-likeness (QED) is 0.232. The third-order valence-corrected chi connectivity index (χ3v) is 7.05. The van der Waals surface area contributed by atoms with Crippen LogP contribution in [0.2, 0.25) is 0 Å².